The fraction of sp³-hybridized carbons (Fsp3) is 0.100. The molecule has 2 rings (SSSR count). The van der Waals surface area contributed by atoms with E-state index in [1.165, 1.54) is 17.6 Å². The van der Waals surface area contributed by atoms with E-state index in [0.29, 0.717) is 17.9 Å². The number of hydrogen-bond acceptors (Lipinski definition) is 4. The molecule has 16 heavy (non-hydrogen) atoms. The number of hydrogen-bond donors (Lipinski definition) is 2. The van der Waals surface area contributed by atoms with Crippen LogP contribution in [0.5, 0.6) is 0 Å². The van der Waals surface area contributed by atoms with E-state index < -0.39 is 0 Å². The minimum Gasteiger partial charge on any atom is -0.383 e. The van der Waals surface area contributed by atoms with Crippen LogP contribution in [-0.2, 0) is 6.54 Å². The minimum atomic E-state index is -0.229. The summed E-state index contributed by atoms with van der Waals surface area (Å²) in [5.41, 5.74) is 6.08. The van der Waals surface area contributed by atoms with Crippen LogP contribution in [0, 0.1) is 5.82 Å². The van der Waals surface area contributed by atoms with E-state index >= 15 is 0 Å². The molecule has 0 aliphatic heterocycles. The number of anilines is 2. The Balaban J connectivity index is 2.07. The van der Waals surface area contributed by atoms with Crippen LogP contribution >= 0.6 is 27.5 Å². The highest BCUT2D eigenvalue weighted by atomic mass is 79.9. The van der Waals surface area contributed by atoms with Gasteiger partial charge in [0.05, 0.1) is 0 Å². The van der Waals surface area contributed by atoms with Crippen LogP contribution in [0.15, 0.2) is 28.7 Å². The SMILES string of the molecule is Nc1cc(NCc2cc(Br)ccc2F)sn1. The zero-order valence-electron chi connectivity index (χ0n) is 8.21. The Hall–Kier alpha value is -1.14. The number of rotatable bonds is 3. The molecule has 0 spiro atoms. The Labute approximate surface area is 105 Å². The number of aromatic nitrogens is 1. The average Bonchev–Trinajstić information content (AvgIpc) is 2.66. The molecular formula is C10H9BrFN3S. The molecule has 1 aromatic carbocycles. The largest absolute Gasteiger partial charge is 0.383 e. The molecule has 84 valence electrons. The molecule has 0 saturated heterocycles. The lowest BCUT2D eigenvalue weighted by Crippen LogP contribution is -2.00. The molecule has 0 bridgehead atoms. The van der Waals surface area contributed by atoms with Crippen LogP contribution in [-0.4, -0.2) is 4.37 Å². The van der Waals surface area contributed by atoms with Crippen molar-refractivity contribution in [3.8, 4) is 0 Å². The van der Waals surface area contributed by atoms with Crippen molar-refractivity contribution in [1.82, 2.24) is 4.37 Å². The summed E-state index contributed by atoms with van der Waals surface area (Å²) in [6, 6.07) is 6.57. The first-order valence-corrected chi connectivity index (χ1v) is 6.12. The second-order valence-electron chi connectivity index (χ2n) is 3.21. The molecule has 3 nitrogen and oxygen atoms in total. The first-order valence-electron chi connectivity index (χ1n) is 4.55. The first-order chi connectivity index (χ1) is 7.65. The highest BCUT2D eigenvalue weighted by Crippen LogP contribution is 2.20. The molecule has 6 heteroatoms. The monoisotopic (exact) mass is 301 g/mol. The van der Waals surface area contributed by atoms with Crippen LogP contribution in [0.25, 0.3) is 0 Å². The van der Waals surface area contributed by atoms with Gasteiger partial charge in [-0.15, -0.1) is 0 Å². The van der Waals surface area contributed by atoms with Gasteiger partial charge in [-0.05, 0) is 29.7 Å². The van der Waals surface area contributed by atoms with Gasteiger partial charge in [-0.25, -0.2) is 4.39 Å². The van der Waals surface area contributed by atoms with E-state index in [-0.39, 0.29) is 5.82 Å². The molecule has 0 aliphatic carbocycles. The second-order valence-corrected chi connectivity index (χ2v) is 4.93. The lowest BCUT2D eigenvalue weighted by Gasteiger charge is -2.05. The number of nitrogens with one attached hydrogen (secondary N) is 1. The molecule has 0 saturated carbocycles. The van der Waals surface area contributed by atoms with Crippen molar-refractivity contribution in [2.45, 2.75) is 6.54 Å². The van der Waals surface area contributed by atoms with Gasteiger partial charge in [-0.1, -0.05) is 15.9 Å². The average molecular weight is 302 g/mol. The summed E-state index contributed by atoms with van der Waals surface area (Å²) < 4.78 is 18.2. The van der Waals surface area contributed by atoms with Crippen LogP contribution in [0.1, 0.15) is 5.56 Å². The van der Waals surface area contributed by atoms with Gasteiger partial charge in [0.15, 0.2) is 0 Å². The lowest BCUT2D eigenvalue weighted by atomic mass is 10.2. The molecule has 0 fully saturated rings. The van der Waals surface area contributed by atoms with E-state index in [1.807, 2.05) is 0 Å². The van der Waals surface area contributed by atoms with Crippen LogP contribution < -0.4 is 11.1 Å². The predicted molar refractivity (Wildman–Crippen MR) is 68.0 cm³/mol. The summed E-state index contributed by atoms with van der Waals surface area (Å²) in [7, 11) is 0. The highest BCUT2D eigenvalue weighted by molar-refractivity contribution is 9.10. The Morgan fingerprint density at radius 3 is 2.94 bits per heavy atom. The molecule has 0 unspecified atom stereocenters. The van der Waals surface area contributed by atoms with E-state index in [1.54, 1.807) is 18.2 Å². The zero-order chi connectivity index (χ0) is 11.5. The van der Waals surface area contributed by atoms with E-state index in [4.69, 9.17) is 5.73 Å². The van der Waals surface area contributed by atoms with Crippen molar-refractivity contribution in [3.05, 3.63) is 40.1 Å². The van der Waals surface area contributed by atoms with Crippen molar-refractivity contribution in [2.24, 2.45) is 0 Å². The smallest absolute Gasteiger partial charge is 0.139 e. The quantitative estimate of drug-likeness (QED) is 0.915. The third-order valence-electron chi connectivity index (χ3n) is 1.99. The fourth-order valence-corrected chi connectivity index (χ4v) is 2.21. The van der Waals surface area contributed by atoms with Crippen molar-refractivity contribution in [2.75, 3.05) is 11.1 Å². The van der Waals surface area contributed by atoms with E-state index in [2.05, 4.69) is 25.6 Å². The molecular weight excluding hydrogens is 293 g/mol. The standard InChI is InChI=1S/C10H9BrFN3S/c11-7-1-2-8(12)6(3-7)5-14-10-4-9(13)15-16-10/h1-4,14H,5H2,(H2,13,15). The number of nitrogens with zero attached hydrogens (tertiary/aromatic N) is 1. The number of halogens is 2. The number of nitrogens with two attached hydrogens (primary N) is 1. The summed E-state index contributed by atoms with van der Waals surface area (Å²) in [6.07, 6.45) is 0. The normalized spacial score (nSPS) is 10.4. The maximum atomic E-state index is 13.4. The minimum absolute atomic E-state index is 0.229. The summed E-state index contributed by atoms with van der Waals surface area (Å²) in [4.78, 5) is 0. The van der Waals surface area contributed by atoms with Crippen molar-refractivity contribution in [1.29, 1.82) is 0 Å². The third kappa shape index (κ3) is 2.70. The summed E-state index contributed by atoms with van der Waals surface area (Å²) >= 11 is 4.56. The molecule has 3 N–H and O–H groups in total. The Kier molecular flexibility index (Phi) is 3.40. The maximum Gasteiger partial charge on any atom is 0.139 e. The van der Waals surface area contributed by atoms with Gasteiger partial charge in [-0.2, -0.15) is 4.37 Å². The Morgan fingerprint density at radius 2 is 2.25 bits per heavy atom. The van der Waals surface area contributed by atoms with Crippen LogP contribution in [0.4, 0.5) is 15.2 Å². The van der Waals surface area contributed by atoms with E-state index in [0.717, 1.165) is 9.47 Å². The first kappa shape index (κ1) is 11.3. The van der Waals surface area contributed by atoms with Crippen LogP contribution in [0.3, 0.4) is 0 Å². The van der Waals surface area contributed by atoms with Crippen LogP contribution in [0.2, 0.25) is 0 Å². The van der Waals surface area contributed by atoms with Gasteiger partial charge in [0.2, 0.25) is 0 Å². The third-order valence-corrected chi connectivity index (χ3v) is 3.24. The number of nitrogen functional groups attached to an aromatic ring is 1. The van der Waals surface area contributed by atoms with E-state index in [9.17, 15) is 4.39 Å². The fourth-order valence-electron chi connectivity index (χ4n) is 1.23. The van der Waals surface area contributed by atoms with Gasteiger partial charge >= 0.3 is 0 Å². The topological polar surface area (TPSA) is 50.9 Å². The van der Waals surface area contributed by atoms with Gasteiger partial charge in [0.25, 0.3) is 0 Å². The molecule has 1 aromatic heterocycles. The maximum absolute atomic E-state index is 13.4. The Morgan fingerprint density at radius 1 is 1.44 bits per heavy atom. The molecule has 0 atom stereocenters. The second kappa shape index (κ2) is 4.80. The summed E-state index contributed by atoms with van der Waals surface area (Å²) in [5.74, 6) is 0.246. The lowest BCUT2D eigenvalue weighted by molar-refractivity contribution is 0.612. The summed E-state index contributed by atoms with van der Waals surface area (Å²) in [6.45, 7) is 0.410. The molecule has 0 radical (unpaired) electrons. The number of benzene rings is 1. The van der Waals surface area contributed by atoms with Gasteiger partial charge in [0.1, 0.15) is 16.6 Å². The predicted octanol–water partition coefficient (Wildman–Crippen LogP) is 3.24. The van der Waals surface area contributed by atoms with Gasteiger partial charge in [-0.3, -0.25) is 0 Å². The molecule has 2 aromatic rings. The van der Waals surface area contributed by atoms with Gasteiger partial charge in [0, 0.05) is 22.6 Å². The highest BCUT2D eigenvalue weighted by Gasteiger charge is 2.04. The molecule has 0 aliphatic rings. The molecule has 1 heterocycles. The van der Waals surface area contributed by atoms with Gasteiger partial charge < -0.3 is 11.1 Å². The van der Waals surface area contributed by atoms with Crippen molar-refractivity contribution >= 4 is 38.3 Å². The van der Waals surface area contributed by atoms with Crippen molar-refractivity contribution < 1.29 is 4.39 Å². The zero-order valence-corrected chi connectivity index (χ0v) is 10.6. The summed E-state index contributed by atoms with van der Waals surface area (Å²) in [5, 5.41) is 3.90. The Bertz CT molecular complexity index is 501. The van der Waals surface area contributed by atoms with Crippen molar-refractivity contribution in [3.63, 3.8) is 0 Å². The molecule has 0 amide bonds.